The summed E-state index contributed by atoms with van der Waals surface area (Å²) in [6, 6.07) is 21.0. The molecule has 1 unspecified atom stereocenters. The van der Waals surface area contributed by atoms with Crippen LogP contribution in [-0.2, 0) is 5.41 Å². The molecule has 3 nitrogen and oxygen atoms in total. The molecule has 0 fully saturated rings. The van der Waals surface area contributed by atoms with Gasteiger partial charge in [0, 0.05) is 13.0 Å². The summed E-state index contributed by atoms with van der Waals surface area (Å²) < 4.78 is 0. The van der Waals surface area contributed by atoms with Crippen molar-refractivity contribution in [2.24, 2.45) is 4.99 Å². The Morgan fingerprint density at radius 1 is 0.781 bits per heavy atom. The summed E-state index contributed by atoms with van der Waals surface area (Å²) in [7, 11) is 0. The van der Waals surface area contributed by atoms with E-state index in [0.717, 1.165) is 55.6 Å². The number of nitrogens with one attached hydrogen (secondary N) is 1. The third-order valence-corrected chi connectivity index (χ3v) is 6.87. The number of hydrogen-bond donors (Lipinski definition) is 2. The number of rotatable bonds is 6. The van der Waals surface area contributed by atoms with Gasteiger partial charge >= 0.3 is 0 Å². The Labute approximate surface area is 195 Å². The van der Waals surface area contributed by atoms with Crippen LogP contribution in [-0.4, -0.2) is 23.7 Å². The number of nitrogens with zero attached hydrogens (tertiary/aromatic N) is 1. The number of aliphatic hydroxyl groups excluding tert-OH is 1. The Kier molecular flexibility index (Phi) is 10.3. The quantitative estimate of drug-likeness (QED) is 0.481. The van der Waals surface area contributed by atoms with Crippen LogP contribution in [0.3, 0.4) is 0 Å². The topological polar surface area (TPSA) is 44.6 Å². The Balaban J connectivity index is 1.88. The van der Waals surface area contributed by atoms with Crippen LogP contribution in [0.5, 0.6) is 0 Å². The highest BCUT2D eigenvalue weighted by Crippen LogP contribution is 2.39. The lowest BCUT2D eigenvalue weighted by Gasteiger charge is -2.40. The highest BCUT2D eigenvalue weighted by molar-refractivity contribution is 5.82. The van der Waals surface area contributed by atoms with Crippen molar-refractivity contribution < 1.29 is 5.11 Å². The second-order valence-corrected chi connectivity index (χ2v) is 9.26. The van der Waals surface area contributed by atoms with Crippen molar-refractivity contribution in [3.05, 3.63) is 71.8 Å². The smallest absolute Gasteiger partial charge is 0.139 e. The molecule has 0 aliphatic carbocycles. The molecule has 3 rings (SSSR count). The molecule has 2 aromatic rings. The molecular weight excluding hydrogens is 392 g/mol. The molecule has 0 saturated carbocycles. The van der Waals surface area contributed by atoms with E-state index >= 15 is 0 Å². The first kappa shape index (κ1) is 24.5. The molecule has 3 heteroatoms. The monoisotopic (exact) mass is 434 g/mol. The van der Waals surface area contributed by atoms with Gasteiger partial charge in [0.05, 0.1) is 11.3 Å². The zero-order valence-electron chi connectivity index (χ0n) is 19.9. The molecule has 0 saturated heterocycles. The van der Waals surface area contributed by atoms with Crippen molar-refractivity contribution in [1.29, 1.82) is 0 Å². The summed E-state index contributed by atoms with van der Waals surface area (Å²) in [6.07, 6.45) is 13.5. The minimum Gasteiger partial charge on any atom is -0.372 e. The zero-order valence-corrected chi connectivity index (χ0v) is 19.9. The zero-order chi connectivity index (χ0) is 22.5. The number of aliphatic hydroxyl groups is 1. The van der Waals surface area contributed by atoms with Crippen molar-refractivity contribution >= 4 is 5.84 Å². The normalized spacial score (nSPS) is 17.9. The van der Waals surface area contributed by atoms with E-state index in [0.29, 0.717) is 0 Å². The Bertz CT molecular complexity index is 748. The summed E-state index contributed by atoms with van der Waals surface area (Å²) in [5.74, 6) is 0.976. The van der Waals surface area contributed by atoms with Gasteiger partial charge in [-0.1, -0.05) is 119 Å². The second-order valence-electron chi connectivity index (χ2n) is 9.26. The molecule has 0 aromatic heterocycles. The fraction of sp³-hybridized carbons (Fsp3) is 0.552. The molecule has 0 bridgehead atoms. The van der Waals surface area contributed by atoms with Gasteiger partial charge < -0.3 is 10.4 Å². The Hall–Kier alpha value is -2.13. The first-order chi connectivity index (χ1) is 15.8. The van der Waals surface area contributed by atoms with E-state index in [2.05, 4.69) is 60.8 Å². The maximum atomic E-state index is 11.8. The van der Waals surface area contributed by atoms with Crippen LogP contribution in [0.4, 0.5) is 0 Å². The summed E-state index contributed by atoms with van der Waals surface area (Å²) in [6.45, 7) is 3.05. The van der Waals surface area contributed by atoms with Gasteiger partial charge in [-0.15, -0.1) is 0 Å². The van der Waals surface area contributed by atoms with Crippen molar-refractivity contribution in [2.75, 3.05) is 6.54 Å². The van der Waals surface area contributed by atoms with Crippen molar-refractivity contribution in [1.82, 2.24) is 5.32 Å². The summed E-state index contributed by atoms with van der Waals surface area (Å²) >= 11 is 0. The molecule has 1 atom stereocenters. The molecule has 2 N–H and O–H groups in total. The minimum absolute atomic E-state index is 0.513. The van der Waals surface area contributed by atoms with Crippen molar-refractivity contribution in [3.63, 3.8) is 0 Å². The van der Waals surface area contributed by atoms with Crippen LogP contribution in [0.15, 0.2) is 65.7 Å². The van der Waals surface area contributed by atoms with Gasteiger partial charge in [0.25, 0.3) is 0 Å². The average Bonchev–Trinajstić information content (AvgIpc) is 2.86. The van der Waals surface area contributed by atoms with E-state index in [-0.39, 0.29) is 0 Å². The standard InChI is InChI=1S/C29H42N2O/c1-2-23-29(25-18-12-10-13-19-25,26-20-14-11-15-21-26)28(32)31-27-22-16-8-6-4-3-5-7-9-17-24-30-27/h10-15,18-21,28,32H,2-9,16-17,22-24H2,1H3,(H,30,31). The van der Waals surface area contributed by atoms with E-state index in [9.17, 15) is 5.11 Å². The molecule has 0 radical (unpaired) electrons. The van der Waals surface area contributed by atoms with E-state index < -0.39 is 11.6 Å². The largest absolute Gasteiger partial charge is 0.372 e. The van der Waals surface area contributed by atoms with Crippen LogP contribution in [0.2, 0.25) is 0 Å². The van der Waals surface area contributed by atoms with Gasteiger partial charge in [-0.05, 0) is 30.4 Å². The van der Waals surface area contributed by atoms with E-state index in [1.165, 1.54) is 44.9 Å². The number of aliphatic imine (C=N–C) groups is 1. The summed E-state index contributed by atoms with van der Waals surface area (Å²) in [4.78, 5) is 4.93. The van der Waals surface area contributed by atoms with E-state index in [1.54, 1.807) is 0 Å². The maximum Gasteiger partial charge on any atom is 0.139 e. The Morgan fingerprint density at radius 2 is 1.28 bits per heavy atom. The van der Waals surface area contributed by atoms with Gasteiger partial charge in [-0.2, -0.15) is 0 Å². The first-order valence-corrected chi connectivity index (χ1v) is 12.9. The second kappa shape index (κ2) is 13.4. The highest BCUT2D eigenvalue weighted by atomic mass is 16.3. The molecule has 0 spiro atoms. The lowest BCUT2D eigenvalue weighted by Crippen LogP contribution is -2.51. The van der Waals surface area contributed by atoms with Gasteiger partial charge in [0.2, 0.25) is 0 Å². The van der Waals surface area contributed by atoms with Gasteiger partial charge in [0.1, 0.15) is 6.23 Å². The van der Waals surface area contributed by atoms with E-state index in [4.69, 9.17) is 4.99 Å². The van der Waals surface area contributed by atoms with Gasteiger partial charge in [0.15, 0.2) is 0 Å². The molecule has 2 aromatic carbocycles. The van der Waals surface area contributed by atoms with Crippen LogP contribution >= 0.6 is 0 Å². The van der Waals surface area contributed by atoms with Crippen LogP contribution in [0.25, 0.3) is 0 Å². The third kappa shape index (κ3) is 6.68. The molecule has 174 valence electrons. The molecule has 1 heterocycles. The predicted molar refractivity (Wildman–Crippen MR) is 136 cm³/mol. The lowest BCUT2D eigenvalue weighted by atomic mass is 9.70. The highest BCUT2D eigenvalue weighted by Gasteiger charge is 2.41. The van der Waals surface area contributed by atoms with Crippen LogP contribution in [0.1, 0.15) is 95.1 Å². The number of hydrogen-bond acceptors (Lipinski definition) is 3. The lowest BCUT2D eigenvalue weighted by molar-refractivity contribution is 0.0814. The molecular formula is C29H42N2O. The minimum atomic E-state index is -0.735. The SMILES string of the molecule is CCCC(c1ccccc1)(c1ccccc1)C(O)NC1=NCCCCCCCCCCC1. The van der Waals surface area contributed by atoms with E-state index in [1.807, 2.05) is 12.1 Å². The molecule has 0 amide bonds. The van der Waals surface area contributed by atoms with Gasteiger partial charge in [-0.3, -0.25) is 4.99 Å². The number of amidine groups is 1. The van der Waals surface area contributed by atoms with Crippen LogP contribution < -0.4 is 5.32 Å². The molecule has 32 heavy (non-hydrogen) atoms. The number of benzene rings is 2. The van der Waals surface area contributed by atoms with Crippen molar-refractivity contribution in [2.45, 2.75) is 95.6 Å². The molecule has 1 aliphatic rings. The molecule has 1 aliphatic heterocycles. The third-order valence-electron chi connectivity index (χ3n) is 6.87. The predicted octanol–water partition coefficient (Wildman–Crippen LogP) is 6.99. The van der Waals surface area contributed by atoms with Gasteiger partial charge in [-0.25, -0.2) is 0 Å². The Morgan fingerprint density at radius 3 is 1.81 bits per heavy atom. The fourth-order valence-corrected chi connectivity index (χ4v) is 5.11. The summed E-state index contributed by atoms with van der Waals surface area (Å²) in [5.41, 5.74) is 1.79. The maximum absolute atomic E-state index is 11.8. The van der Waals surface area contributed by atoms with Crippen LogP contribution in [0, 0.1) is 0 Å². The average molecular weight is 435 g/mol. The fourth-order valence-electron chi connectivity index (χ4n) is 5.11. The summed E-state index contributed by atoms with van der Waals surface area (Å²) in [5, 5.41) is 15.3. The van der Waals surface area contributed by atoms with Crippen molar-refractivity contribution in [3.8, 4) is 0 Å². The first-order valence-electron chi connectivity index (χ1n) is 12.9.